The number of hydrogen-bond donors (Lipinski definition) is 1. The number of rotatable bonds is 5. The molecule has 0 fully saturated rings. The number of nitro groups is 1. The summed E-state index contributed by atoms with van der Waals surface area (Å²) >= 11 is 1.58. The molecule has 28 heavy (non-hydrogen) atoms. The van der Waals surface area contributed by atoms with Crippen molar-refractivity contribution >= 4 is 39.3 Å². The number of thiophene rings is 1. The van der Waals surface area contributed by atoms with Crippen LogP contribution in [0.25, 0.3) is 20.7 Å². The van der Waals surface area contributed by atoms with Gasteiger partial charge in [0, 0.05) is 10.9 Å². The smallest absolute Gasteiger partial charge is 0.261 e. The Hall–Kier alpha value is -3.65. The number of aromatic nitrogens is 2. The van der Waals surface area contributed by atoms with Gasteiger partial charge in [0.2, 0.25) is 0 Å². The molecule has 0 aliphatic heterocycles. The van der Waals surface area contributed by atoms with Crippen molar-refractivity contribution in [2.45, 2.75) is 6.92 Å². The molecule has 8 heteroatoms. The number of fused-ring (bicyclic) bond motifs is 1. The maximum absolute atomic E-state index is 11.1. The number of aryl methyl sites for hydroxylation is 1. The van der Waals surface area contributed by atoms with Crippen LogP contribution >= 0.6 is 11.3 Å². The molecular formula is C20H15N5O2S. The molecule has 0 amide bonds. The molecule has 1 N–H and O–H groups in total. The monoisotopic (exact) mass is 389 g/mol. The molecule has 0 spiro atoms. The van der Waals surface area contributed by atoms with Crippen LogP contribution in [0, 0.1) is 17.0 Å². The quantitative estimate of drug-likeness (QED) is 0.294. The first-order valence-electron chi connectivity index (χ1n) is 8.48. The highest BCUT2D eigenvalue weighted by atomic mass is 32.1. The van der Waals surface area contributed by atoms with Crippen molar-refractivity contribution in [1.29, 1.82) is 0 Å². The number of para-hydroxylation sites is 1. The lowest BCUT2D eigenvalue weighted by molar-refractivity contribution is -0.385. The fraction of sp³-hybridized carbons (Fsp3) is 0.0500. The third-order valence-corrected chi connectivity index (χ3v) is 5.15. The SMILES string of the molecule is Cc1nc(N/N=C\c2ccccc2[N+](=O)[O-])c2cc(-c3ccccc3)sc2n1. The predicted molar refractivity (Wildman–Crippen MR) is 112 cm³/mol. The summed E-state index contributed by atoms with van der Waals surface area (Å²) in [7, 11) is 0. The number of nitro benzene ring substituents is 1. The minimum atomic E-state index is -0.431. The summed E-state index contributed by atoms with van der Waals surface area (Å²) in [6, 6.07) is 18.5. The van der Waals surface area contributed by atoms with Crippen LogP contribution < -0.4 is 5.43 Å². The van der Waals surface area contributed by atoms with Crippen molar-refractivity contribution in [1.82, 2.24) is 9.97 Å². The average Bonchev–Trinajstić information content (AvgIpc) is 3.13. The second-order valence-corrected chi connectivity index (χ2v) is 7.03. The fourth-order valence-corrected chi connectivity index (χ4v) is 3.87. The lowest BCUT2D eigenvalue weighted by atomic mass is 10.2. The Morgan fingerprint density at radius 1 is 1.11 bits per heavy atom. The largest absolute Gasteiger partial charge is 0.278 e. The van der Waals surface area contributed by atoms with Crippen molar-refractivity contribution in [3.8, 4) is 10.4 Å². The minimum absolute atomic E-state index is 0.000961. The Labute approximate surface area is 164 Å². The van der Waals surface area contributed by atoms with Gasteiger partial charge < -0.3 is 0 Å². The number of anilines is 1. The highest BCUT2D eigenvalue weighted by molar-refractivity contribution is 7.21. The summed E-state index contributed by atoms with van der Waals surface area (Å²) in [4.78, 5) is 21.6. The third kappa shape index (κ3) is 3.58. The first kappa shape index (κ1) is 17.7. The van der Waals surface area contributed by atoms with E-state index in [1.165, 1.54) is 12.3 Å². The summed E-state index contributed by atoms with van der Waals surface area (Å²) in [6.45, 7) is 1.82. The van der Waals surface area contributed by atoms with E-state index in [2.05, 4.69) is 20.5 Å². The lowest BCUT2D eigenvalue weighted by Gasteiger charge is -2.02. The third-order valence-electron chi connectivity index (χ3n) is 4.07. The second kappa shape index (κ2) is 7.53. The first-order valence-corrected chi connectivity index (χ1v) is 9.29. The van der Waals surface area contributed by atoms with Crippen molar-refractivity contribution in [2.75, 3.05) is 5.43 Å². The van der Waals surface area contributed by atoms with Gasteiger partial charge in [-0.15, -0.1) is 11.3 Å². The topological polar surface area (TPSA) is 93.3 Å². The molecule has 0 aliphatic rings. The van der Waals surface area contributed by atoms with Gasteiger partial charge in [-0.05, 0) is 24.6 Å². The van der Waals surface area contributed by atoms with Crippen LogP contribution in [0.3, 0.4) is 0 Å². The lowest BCUT2D eigenvalue weighted by Crippen LogP contribution is -1.99. The summed E-state index contributed by atoms with van der Waals surface area (Å²) in [5.41, 5.74) is 4.43. The van der Waals surface area contributed by atoms with E-state index in [1.54, 1.807) is 29.5 Å². The van der Waals surface area contributed by atoms with E-state index in [1.807, 2.05) is 43.3 Å². The number of benzene rings is 2. The van der Waals surface area contributed by atoms with Gasteiger partial charge in [-0.3, -0.25) is 15.5 Å². The van der Waals surface area contributed by atoms with Gasteiger partial charge in [-0.25, -0.2) is 9.97 Å². The maximum Gasteiger partial charge on any atom is 0.278 e. The van der Waals surface area contributed by atoms with E-state index in [-0.39, 0.29) is 5.69 Å². The van der Waals surface area contributed by atoms with Crippen LogP contribution in [0.15, 0.2) is 65.8 Å². The highest BCUT2D eigenvalue weighted by Crippen LogP contribution is 2.35. The predicted octanol–water partition coefficient (Wildman–Crippen LogP) is 5.02. The summed E-state index contributed by atoms with van der Waals surface area (Å²) < 4.78 is 0. The van der Waals surface area contributed by atoms with Gasteiger partial charge in [-0.2, -0.15) is 5.10 Å². The van der Waals surface area contributed by atoms with Gasteiger partial charge >= 0.3 is 0 Å². The molecule has 7 nitrogen and oxygen atoms in total. The Morgan fingerprint density at radius 3 is 2.64 bits per heavy atom. The molecule has 138 valence electrons. The summed E-state index contributed by atoms with van der Waals surface area (Å²) in [5.74, 6) is 1.19. The Morgan fingerprint density at radius 2 is 1.86 bits per heavy atom. The van der Waals surface area contributed by atoms with Crippen molar-refractivity contribution in [3.63, 3.8) is 0 Å². The molecule has 0 saturated carbocycles. The van der Waals surface area contributed by atoms with Crippen LogP contribution in [0.1, 0.15) is 11.4 Å². The van der Waals surface area contributed by atoms with Crippen molar-refractivity contribution in [2.24, 2.45) is 5.10 Å². The minimum Gasteiger partial charge on any atom is -0.261 e. The van der Waals surface area contributed by atoms with E-state index in [0.29, 0.717) is 17.2 Å². The Kier molecular flexibility index (Phi) is 4.77. The average molecular weight is 389 g/mol. The molecule has 0 atom stereocenters. The maximum atomic E-state index is 11.1. The molecule has 0 saturated heterocycles. The molecule has 2 aromatic carbocycles. The molecule has 4 rings (SSSR count). The van der Waals surface area contributed by atoms with Crippen LogP contribution in [0.5, 0.6) is 0 Å². The van der Waals surface area contributed by atoms with Crippen LogP contribution in [0.2, 0.25) is 0 Å². The molecule has 0 aliphatic carbocycles. The highest BCUT2D eigenvalue weighted by Gasteiger charge is 2.12. The molecule has 2 aromatic heterocycles. The van der Waals surface area contributed by atoms with Gasteiger partial charge in [0.1, 0.15) is 10.7 Å². The number of nitrogens with zero attached hydrogens (tertiary/aromatic N) is 4. The zero-order valence-corrected chi connectivity index (χ0v) is 15.7. The summed E-state index contributed by atoms with van der Waals surface area (Å²) in [6.07, 6.45) is 1.42. The molecule has 0 unspecified atom stereocenters. The Bertz CT molecular complexity index is 1190. The van der Waals surface area contributed by atoms with Crippen molar-refractivity contribution in [3.05, 3.63) is 82.2 Å². The van der Waals surface area contributed by atoms with Gasteiger partial charge in [0.05, 0.1) is 22.1 Å². The zero-order valence-electron chi connectivity index (χ0n) is 14.9. The van der Waals surface area contributed by atoms with Crippen LogP contribution in [-0.4, -0.2) is 21.1 Å². The summed E-state index contributed by atoms with van der Waals surface area (Å²) in [5, 5.41) is 16.1. The first-order chi connectivity index (χ1) is 13.6. The van der Waals surface area contributed by atoms with E-state index >= 15 is 0 Å². The van der Waals surface area contributed by atoms with Crippen LogP contribution in [-0.2, 0) is 0 Å². The van der Waals surface area contributed by atoms with Gasteiger partial charge in [0.15, 0.2) is 5.82 Å². The van der Waals surface area contributed by atoms with E-state index < -0.39 is 4.92 Å². The molecule has 4 aromatic rings. The molecular weight excluding hydrogens is 374 g/mol. The second-order valence-electron chi connectivity index (χ2n) is 6.00. The number of hydrazone groups is 1. The normalized spacial score (nSPS) is 11.2. The zero-order chi connectivity index (χ0) is 19.5. The Balaban J connectivity index is 1.67. The van der Waals surface area contributed by atoms with Crippen molar-refractivity contribution < 1.29 is 4.92 Å². The number of hydrogen-bond acceptors (Lipinski definition) is 7. The standard InChI is InChI=1S/C20H15N5O2S/c1-13-22-19(24-21-12-15-9-5-6-10-17(15)25(26)27)16-11-18(28-20(16)23-13)14-7-3-2-4-8-14/h2-12H,1H3,(H,22,23,24)/b21-12-. The number of nitrogens with one attached hydrogen (secondary N) is 1. The molecule has 0 bridgehead atoms. The molecule has 2 heterocycles. The van der Waals surface area contributed by atoms with Gasteiger partial charge in [0.25, 0.3) is 5.69 Å². The van der Waals surface area contributed by atoms with E-state index in [4.69, 9.17) is 0 Å². The van der Waals surface area contributed by atoms with E-state index in [0.717, 1.165) is 20.7 Å². The molecule has 0 radical (unpaired) electrons. The van der Waals surface area contributed by atoms with Crippen LogP contribution in [0.4, 0.5) is 11.5 Å². The van der Waals surface area contributed by atoms with E-state index in [9.17, 15) is 10.1 Å². The van der Waals surface area contributed by atoms with Gasteiger partial charge in [-0.1, -0.05) is 42.5 Å². The fourth-order valence-electron chi connectivity index (χ4n) is 2.78.